The average Bonchev–Trinajstić information content (AvgIpc) is 3.41. The van der Waals surface area contributed by atoms with Crippen molar-refractivity contribution in [2.75, 3.05) is 25.6 Å². The summed E-state index contributed by atoms with van der Waals surface area (Å²) in [5.74, 6) is 1.90. The number of anilines is 2. The Hall–Kier alpha value is -4.33. The summed E-state index contributed by atoms with van der Waals surface area (Å²) in [6.07, 6.45) is 4.59. The van der Waals surface area contributed by atoms with Crippen molar-refractivity contribution >= 4 is 17.2 Å². The highest BCUT2D eigenvalue weighted by molar-refractivity contribution is 5.97. The van der Waals surface area contributed by atoms with Crippen LogP contribution in [0, 0.1) is 0 Å². The number of nitrogens with one attached hydrogen (secondary N) is 2. The molecule has 0 saturated carbocycles. The quantitative estimate of drug-likeness (QED) is 0.367. The summed E-state index contributed by atoms with van der Waals surface area (Å²) in [6.45, 7) is 1.03. The summed E-state index contributed by atoms with van der Waals surface area (Å²) in [7, 11) is 1.58. The van der Waals surface area contributed by atoms with E-state index in [0.717, 1.165) is 16.8 Å². The Morgan fingerprint density at radius 2 is 2.00 bits per heavy atom. The molecule has 0 aliphatic carbocycles. The number of aryl methyl sites for hydroxylation is 1. The molecule has 4 aromatic rings. The van der Waals surface area contributed by atoms with Crippen LogP contribution in [0.5, 0.6) is 17.4 Å². The van der Waals surface area contributed by atoms with Gasteiger partial charge in [-0.3, -0.25) is 9.89 Å². The van der Waals surface area contributed by atoms with Gasteiger partial charge in [0.05, 0.1) is 19.0 Å². The number of nitrogens with zero attached hydrogens (tertiary/aromatic N) is 2. The number of fused-ring (bicyclic) bond motifs is 1. The Morgan fingerprint density at radius 3 is 2.85 bits per heavy atom. The van der Waals surface area contributed by atoms with E-state index < -0.39 is 0 Å². The zero-order chi connectivity index (χ0) is 23.3. The predicted molar refractivity (Wildman–Crippen MR) is 128 cm³/mol. The first kappa shape index (κ1) is 21.5. The third-order valence-electron chi connectivity index (χ3n) is 5.55. The van der Waals surface area contributed by atoms with Crippen molar-refractivity contribution in [1.29, 1.82) is 0 Å². The summed E-state index contributed by atoms with van der Waals surface area (Å²) < 4.78 is 17.1. The van der Waals surface area contributed by atoms with E-state index in [0.29, 0.717) is 60.4 Å². The van der Waals surface area contributed by atoms with Crippen LogP contribution in [0.3, 0.4) is 0 Å². The monoisotopic (exact) mass is 456 g/mol. The van der Waals surface area contributed by atoms with Crippen LogP contribution in [0.15, 0.2) is 67.0 Å². The number of para-hydroxylation sites is 1. The Morgan fingerprint density at radius 1 is 1.12 bits per heavy atom. The van der Waals surface area contributed by atoms with Crippen molar-refractivity contribution in [3.8, 4) is 28.6 Å². The van der Waals surface area contributed by atoms with Gasteiger partial charge in [-0.2, -0.15) is 5.10 Å². The van der Waals surface area contributed by atoms with Crippen LogP contribution in [0.1, 0.15) is 22.3 Å². The van der Waals surface area contributed by atoms with Gasteiger partial charge < -0.3 is 19.5 Å². The number of Topliss-reactive ketones (excluding diaryl/α,β-unsaturated/α-hetero) is 1. The number of H-pyrrole nitrogens is 1. The van der Waals surface area contributed by atoms with Crippen molar-refractivity contribution in [1.82, 2.24) is 15.2 Å². The van der Waals surface area contributed by atoms with E-state index in [1.165, 1.54) is 0 Å². The number of methoxy groups -OCH3 is 1. The first-order valence-electron chi connectivity index (χ1n) is 11.0. The normalized spacial score (nSPS) is 12.3. The summed E-state index contributed by atoms with van der Waals surface area (Å²) >= 11 is 0. The third-order valence-corrected chi connectivity index (χ3v) is 5.55. The molecule has 1 aliphatic rings. The van der Waals surface area contributed by atoms with Crippen molar-refractivity contribution in [2.24, 2.45) is 0 Å². The van der Waals surface area contributed by atoms with Crippen LogP contribution in [0.4, 0.5) is 11.4 Å². The molecular formula is C26H24N4O4. The highest BCUT2D eigenvalue weighted by atomic mass is 16.6. The SMILES string of the molecule is COc1nc(-c2cccc3c2OCCO3)ccc1Nc1cccc(C(=O)CCc2cn[nH]c2)c1. The molecule has 1 aliphatic heterocycles. The van der Waals surface area contributed by atoms with Crippen molar-refractivity contribution in [3.63, 3.8) is 0 Å². The maximum Gasteiger partial charge on any atom is 0.238 e. The number of pyridine rings is 1. The molecule has 8 heteroatoms. The van der Waals surface area contributed by atoms with Crippen LogP contribution in [0.2, 0.25) is 0 Å². The van der Waals surface area contributed by atoms with Gasteiger partial charge in [0.1, 0.15) is 18.9 Å². The molecule has 0 bridgehead atoms. The molecule has 0 fully saturated rings. The zero-order valence-corrected chi connectivity index (χ0v) is 18.7. The van der Waals surface area contributed by atoms with Gasteiger partial charge in [0.2, 0.25) is 5.88 Å². The number of benzene rings is 2. The van der Waals surface area contributed by atoms with Crippen LogP contribution in [-0.2, 0) is 6.42 Å². The fraction of sp³-hybridized carbons (Fsp3) is 0.192. The fourth-order valence-corrected chi connectivity index (χ4v) is 3.86. The maximum absolute atomic E-state index is 12.7. The van der Waals surface area contributed by atoms with E-state index >= 15 is 0 Å². The number of aromatic nitrogens is 3. The predicted octanol–water partition coefficient (Wildman–Crippen LogP) is 4.81. The molecule has 2 aromatic heterocycles. The number of rotatable bonds is 8. The molecule has 0 saturated heterocycles. The van der Waals surface area contributed by atoms with Crippen molar-refractivity contribution in [3.05, 3.63) is 78.1 Å². The van der Waals surface area contributed by atoms with E-state index in [9.17, 15) is 4.79 Å². The maximum atomic E-state index is 12.7. The summed E-state index contributed by atoms with van der Waals surface area (Å²) in [5.41, 5.74) is 4.67. The number of hydrogen-bond acceptors (Lipinski definition) is 7. The van der Waals surface area contributed by atoms with Crippen LogP contribution in [0.25, 0.3) is 11.3 Å². The van der Waals surface area contributed by atoms with Gasteiger partial charge in [0.25, 0.3) is 0 Å². The van der Waals surface area contributed by atoms with Crippen molar-refractivity contribution in [2.45, 2.75) is 12.8 Å². The van der Waals surface area contributed by atoms with E-state index in [1.807, 2.05) is 54.6 Å². The Labute approximate surface area is 196 Å². The minimum Gasteiger partial charge on any atom is -0.486 e. The summed E-state index contributed by atoms with van der Waals surface area (Å²) in [4.78, 5) is 17.4. The van der Waals surface area contributed by atoms with E-state index in [4.69, 9.17) is 14.2 Å². The number of ketones is 1. The topological polar surface area (TPSA) is 98.4 Å². The molecule has 5 rings (SSSR count). The summed E-state index contributed by atoms with van der Waals surface area (Å²) in [5, 5.41) is 10.0. The molecule has 0 radical (unpaired) electrons. The Bertz CT molecular complexity index is 1300. The molecule has 0 spiro atoms. The number of carbonyl (C=O) groups is 1. The molecule has 0 amide bonds. The van der Waals surface area contributed by atoms with Gasteiger partial charge in [0.15, 0.2) is 17.3 Å². The minimum atomic E-state index is 0.0707. The van der Waals surface area contributed by atoms with Gasteiger partial charge in [-0.15, -0.1) is 0 Å². The smallest absolute Gasteiger partial charge is 0.238 e. The lowest BCUT2D eigenvalue weighted by Gasteiger charge is -2.21. The van der Waals surface area contributed by atoms with Gasteiger partial charge in [-0.05, 0) is 48.4 Å². The molecule has 172 valence electrons. The largest absolute Gasteiger partial charge is 0.486 e. The number of ether oxygens (including phenoxy) is 3. The van der Waals surface area contributed by atoms with E-state index in [-0.39, 0.29) is 5.78 Å². The molecule has 3 heterocycles. The van der Waals surface area contributed by atoms with E-state index in [2.05, 4.69) is 20.5 Å². The van der Waals surface area contributed by atoms with Crippen LogP contribution < -0.4 is 19.5 Å². The highest BCUT2D eigenvalue weighted by Crippen LogP contribution is 2.40. The lowest BCUT2D eigenvalue weighted by Crippen LogP contribution is -2.16. The second-order valence-electron chi connectivity index (χ2n) is 7.82. The number of aromatic amines is 1. The van der Waals surface area contributed by atoms with Crippen LogP contribution >= 0.6 is 0 Å². The van der Waals surface area contributed by atoms with Gasteiger partial charge in [-0.1, -0.05) is 18.2 Å². The standard InChI is InChI=1S/C26H24N4O4/c1-32-26-22(10-9-21(30-26)20-6-3-7-24-25(20)34-13-12-33-24)29-19-5-2-4-18(14-19)23(31)11-8-17-15-27-28-16-17/h2-7,9-10,14-16,29H,8,11-13H2,1H3,(H,27,28). The first-order chi connectivity index (χ1) is 16.7. The first-order valence-corrected chi connectivity index (χ1v) is 11.0. The lowest BCUT2D eigenvalue weighted by molar-refractivity contribution is 0.0983. The molecule has 0 unspecified atom stereocenters. The summed E-state index contributed by atoms with van der Waals surface area (Å²) in [6, 6.07) is 17.0. The second-order valence-corrected chi connectivity index (χ2v) is 7.82. The minimum absolute atomic E-state index is 0.0707. The molecule has 8 nitrogen and oxygen atoms in total. The molecular weight excluding hydrogens is 432 g/mol. The van der Waals surface area contributed by atoms with Crippen molar-refractivity contribution < 1.29 is 19.0 Å². The van der Waals surface area contributed by atoms with E-state index in [1.54, 1.807) is 19.5 Å². The lowest BCUT2D eigenvalue weighted by atomic mass is 10.0. The Kier molecular flexibility index (Phi) is 6.11. The molecule has 0 atom stereocenters. The second kappa shape index (κ2) is 9.66. The average molecular weight is 457 g/mol. The molecule has 34 heavy (non-hydrogen) atoms. The van der Waals surface area contributed by atoms with Gasteiger partial charge in [-0.25, -0.2) is 4.98 Å². The number of carbonyl (C=O) groups excluding carboxylic acids is 1. The number of hydrogen-bond donors (Lipinski definition) is 2. The highest BCUT2D eigenvalue weighted by Gasteiger charge is 2.19. The van der Waals surface area contributed by atoms with Crippen LogP contribution in [-0.4, -0.2) is 41.3 Å². The third kappa shape index (κ3) is 4.56. The van der Waals surface area contributed by atoms with Gasteiger partial charge in [0, 0.05) is 29.4 Å². The zero-order valence-electron chi connectivity index (χ0n) is 18.7. The molecule has 2 N–H and O–H groups in total. The fourth-order valence-electron chi connectivity index (χ4n) is 3.86. The molecule has 2 aromatic carbocycles. The Balaban J connectivity index is 1.35. The van der Waals surface area contributed by atoms with Gasteiger partial charge >= 0.3 is 0 Å².